The minimum Gasteiger partial charge on any atom is -0.324 e. The molecule has 1 saturated heterocycles. The van der Waals surface area contributed by atoms with E-state index in [9.17, 15) is 4.79 Å². The molecule has 4 nitrogen and oxygen atoms in total. The highest BCUT2D eigenvalue weighted by Gasteiger charge is 2.31. The number of likely N-dealkylation sites (N-methyl/N-ethyl adjacent to an activating group) is 1. The van der Waals surface area contributed by atoms with Crippen molar-refractivity contribution in [3.63, 3.8) is 0 Å². The Morgan fingerprint density at radius 2 is 2.26 bits per heavy atom. The standard InChI is InChI=1S/C15H21N3O/c1-2-18-9-5-6-11(18)10-16-14-12-7-3-4-8-13(12)17-15(14)19/h3-4,7-8,11,14,16H,2,5-6,9-10H2,1H3,(H,17,19). The van der Waals surface area contributed by atoms with Crippen LogP contribution in [0.4, 0.5) is 5.69 Å². The van der Waals surface area contributed by atoms with Crippen LogP contribution in [0.15, 0.2) is 24.3 Å². The first-order valence-electron chi connectivity index (χ1n) is 7.17. The van der Waals surface area contributed by atoms with E-state index in [4.69, 9.17) is 0 Å². The predicted octanol–water partition coefficient (Wildman–Crippen LogP) is 1.75. The Morgan fingerprint density at radius 1 is 1.42 bits per heavy atom. The van der Waals surface area contributed by atoms with Gasteiger partial charge in [0.2, 0.25) is 5.91 Å². The van der Waals surface area contributed by atoms with E-state index in [0.717, 1.165) is 24.3 Å². The molecule has 2 atom stereocenters. The second-order valence-electron chi connectivity index (χ2n) is 5.34. The largest absolute Gasteiger partial charge is 0.324 e. The first kappa shape index (κ1) is 12.6. The maximum Gasteiger partial charge on any atom is 0.246 e. The van der Waals surface area contributed by atoms with Crippen molar-refractivity contribution >= 4 is 11.6 Å². The highest BCUT2D eigenvalue weighted by atomic mass is 16.2. The van der Waals surface area contributed by atoms with Crippen LogP contribution < -0.4 is 10.6 Å². The molecule has 1 fully saturated rings. The highest BCUT2D eigenvalue weighted by Crippen LogP contribution is 2.30. The average molecular weight is 259 g/mol. The number of amides is 1. The van der Waals surface area contributed by atoms with Gasteiger partial charge < -0.3 is 10.6 Å². The van der Waals surface area contributed by atoms with Gasteiger partial charge in [-0.2, -0.15) is 0 Å². The molecule has 1 aromatic carbocycles. The van der Waals surface area contributed by atoms with E-state index in [1.807, 2.05) is 24.3 Å². The van der Waals surface area contributed by atoms with Gasteiger partial charge >= 0.3 is 0 Å². The predicted molar refractivity (Wildman–Crippen MR) is 76.1 cm³/mol. The zero-order valence-electron chi connectivity index (χ0n) is 11.4. The summed E-state index contributed by atoms with van der Waals surface area (Å²) in [6.07, 6.45) is 2.50. The second kappa shape index (κ2) is 5.31. The molecular formula is C15H21N3O. The number of para-hydroxylation sites is 1. The summed E-state index contributed by atoms with van der Waals surface area (Å²) in [6.45, 7) is 5.38. The van der Waals surface area contributed by atoms with Crippen LogP contribution in [0.1, 0.15) is 31.4 Å². The maximum atomic E-state index is 12.0. The third-order valence-corrected chi connectivity index (χ3v) is 4.25. The number of likely N-dealkylation sites (tertiary alicyclic amines) is 1. The Kier molecular flexibility index (Phi) is 3.53. The topological polar surface area (TPSA) is 44.4 Å². The van der Waals surface area contributed by atoms with Crippen LogP contribution in [-0.4, -0.2) is 36.5 Å². The number of carbonyl (C=O) groups excluding carboxylic acids is 1. The SMILES string of the molecule is CCN1CCCC1CNC1C(=O)Nc2ccccc21. The molecule has 102 valence electrons. The molecule has 2 aliphatic heterocycles. The lowest BCUT2D eigenvalue weighted by atomic mass is 10.1. The summed E-state index contributed by atoms with van der Waals surface area (Å²) < 4.78 is 0. The molecule has 0 aliphatic carbocycles. The van der Waals surface area contributed by atoms with E-state index >= 15 is 0 Å². The van der Waals surface area contributed by atoms with Crippen LogP contribution in [0.3, 0.4) is 0 Å². The zero-order valence-corrected chi connectivity index (χ0v) is 11.4. The monoisotopic (exact) mass is 259 g/mol. The summed E-state index contributed by atoms with van der Waals surface area (Å²) in [5.41, 5.74) is 2.03. The van der Waals surface area contributed by atoms with E-state index in [2.05, 4.69) is 22.5 Å². The molecule has 19 heavy (non-hydrogen) atoms. The summed E-state index contributed by atoms with van der Waals surface area (Å²) in [7, 11) is 0. The minimum absolute atomic E-state index is 0.0715. The van der Waals surface area contributed by atoms with Crippen molar-refractivity contribution in [3.05, 3.63) is 29.8 Å². The zero-order chi connectivity index (χ0) is 13.2. The number of hydrogen-bond donors (Lipinski definition) is 2. The molecular weight excluding hydrogens is 238 g/mol. The molecule has 2 aliphatic rings. The van der Waals surface area contributed by atoms with Gasteiger partial charge in [-0.1, -0.05) is 25.1 Å². The molecule has 3 rings (SSSR count). The van der Waals surface area contributed by atoms with Gasteiger partial charge in [0.1, 0.15) is 6.04 Å². The number of hydrogen-bond acceptors (Lipinski definition) is 3. The third-order valence-electron chi connectivity index (χ3n) is 4.25. The first-order valence-corrected chi connectivity index (χ1v) is 7.17. The number of carbonyl (C=O) groups is 1. The fourth-order valence-electron chi connectivity index (χ4n) is 3.21. The smallest absolute Gasteiger partial charge is 0.246 e. The summed E-state index contributed by atoms with van der Waals surface area (Å²) in [4.78, 5) is 14.5. The lowest BCUT2D eigenvalue weighted by Crippen LogP contribution is -2.40. The molecule has 0 aromatic heterocycles. The Hall–Kier alpha value is -1.39. The van der Waals surface area contributed by atoms with Gasteiger partial charge in [-0.3, -0.25) is 9.69 Å². The van der Waals surface area contributed by atoms with E-state index in [-0.39, 0.29) is 11.9 Å². The molecule has 2 unspecified atom stereocenters. The van der Waals surface area contributed by atoms with Gasteiger partial charge in [0.25, 0.3) is 0 Å². The van der Waals surface area contributed by atoms with Crippen molar-refractivity contribution in [1.29, 1.82) is 0 Å². The lowest BCUT2D eigenvalue weighted by molar-refractivity contribution is -0.117. The molecule has 0 saturated carbocycles. The van der Waals surface area contributed by atoms with Crippen LogP contribution in [0.5, 0.6) is 0 Å². The fourth-order valence-corrected chi connectivity index (χ4v) is 3.21. The summed E-state index contributed by atoms with van der Waals surface area (Å²) in [6, 6.07) is 8.32. The maximum absolute atomic E-state index is 12.0. The molecule has 2 heterocycles. The van der Waals surface area contributed by atoms with Gasteiger partial charge in [0, 0.05) is 23.8 Å². The Balaban J connectivity index is 1.66. The van der Waals surface area contributed by atoms with Crippen molar-refractivity contribution in [2.75, 3.05) is 25.0 Å². The quantitative estimate of drug-likeness (QED) is 0.866. The van der Waals surface area contributed by atoms with E-state index < -0.39 is 0 Å². The van der Waals surface area contributed by atoms with Gasteiger partial charge in [-0.15, -0.1) is 0 Å². The number of anilines is 1. The number of benzene rings is 1. The third kappa shape index (κ3) is 2.38. The number of nitrogens with zero attached hydrogens (tertiary/aromatic N) is 1. The highest BCUT2D eigenvalue weighted by molar-refractivity contribution is 6.02. The number of rotatable bonds is 4. The number of nitrogens with one attached hydrogen (secondary N) is 2. The van der Waals surface area contributed by atoms with Crippen molar-refractivity contribution < 1.29 is 4.79 Å². The Bertz CT molecular complexity index is 474. The minimum atomic E-state index is -0.185. The van der Waals surface area contributed by atoms with E-state index in [1.54, 1.807) is 0 Å². The van der Waals surface area contributed by atoms with Gasteiger partial charge in [-0.05, 0) is 32.0 Å². The number of fused-ring (bicyclic) bond motifs is 1. The Labute approximate surface area is 114 Å². The van der Waals surface area contributed by atoms with Gasteiger partial charge in [0.15, 0.2) is 0 Å². The molecule has 0 spiro atoms. The molecule has 0 radical (unpaired) electrons. The summed E-state index contributed by atoms with van der Waals surface area (Å²) in [5, 5.41) is 6.37. The average Bonchev–Trinajstić information content (AvgIpc) is 2.99. The molecule has 4 heteroatoms. The van der Waals surface area contributed by atoms with Crippen molar-refractivity contribution in [1.82, 2.24) is 10.2 Å². The van der Waals surface area contributed by atoms with Crippen LogP contribution in [-0.2, 0) is 4.79 Å². The van der Waals surface area contributed by atoms with E-state index in [1.165, 1.54) is 19.4 Å². The fraction of sp³-hybridized carbons (Fsp3) is 0.533. The van der Waals surface area contributed by atoms with Crippen molar-refractivity contribution in [2.24, 2.45) is 0 Å². The lowest BCUT2D eigenvalue weighted by Gasteiger charge is -2.24. The first-order chi connectivity index (χ1) is 9.29. The summed E-state index contributed by atoms with van der Waals surface area (Å²) >= 11 is 0. The van der Waals surface area contributed by atoms with Crippen molar-refractivity contribution in [2.45, 2.75) is 31.8 Å². The van der Waals surface area contributed by atoms with Crippen molar-refractivity contribution in [3.8, 4) is 0 Å². The molecule has 0 bridgehead atoms. The van der Waals surface area contributed by atoms with Crippen LogP contribution in [0.25, 0.3) is 0 Å². The summed E-state index contributed by atoms with van der Waals surface area (Å²) in [5.74, 6) is 0.0715. The molecule has 2 N–H and O–H groups in total. The van der Waals surface area contributed by atoms with Crippen LogP contribution >= 0.6 is 0 Å². The van der Waals surface area contributed by atoms with Gasteiger partial charge in [0.05, 0.1) is 0 Å². The molecule has 1 amide bonds. The molecule has 1 aromatic rings. The Morgan fingerprint density at radius 3 is 3.11 bits per heavy atom. The second-order valence-corrected chi connectivity index (χ2v) is 5.34. The van der Waals surface area contributed by atoms with Crippen LogP contribution in [0, 0.1) is 0 Å². The van der Waals surface area contributed by atoms with E-state index in [0.29, 0.717) is 6.04 Å². The van der Waals surface area contributed by atoms with Crippen LogP contribution in [0.2, 0.25) is 0 Å². The normalized spacial score (nSPS) is 26.5. The van der Waals surface area contributed by atoms with Gasteiger partial charge in [-0.25, -0.2) is 0 Å².